The van der Waals surface area contributed by atoms with Crippen LogP contribution in [0.15, 0.2) is 24.4 Å². The van der Waals surface area contributed by atoms with Crippen molar-refractivity contribution in [1.82, 2.24) is 9.38 Å². The minimum absolute atomic E-state index is 0.0392. The molecule has 80 valence electrons. The molecule has 0 amide bonds. The summed E-state index contributed by atoms with van der Waals surface area (Å²) in [5.41, 5.74) is 7.43. The predicted octanol–water partition coefficient (Wildman–Crippen LogP) is 1.37. The van der Waals surface area contributed by atoms with E-state index in [9.17, 15) is 0 Å². The van der Waals surface area contributed by atoms with Gasteiger partial charge < -0.3 is 15.2 Å². The van der Waals surface area contributed by atoms with Gasteiger partial charge in [0.15, 0.2) is 5.15 Å². The lowest BCUT2D eigenvalue weighted by molar-refractivity contribution is 0.275. The van der Waals surface area contributed by atoms with E-state index in [0.717, 1.165) is 11.3 Å². The van der Waals surface area contributed by atoms with Crippen molar-refractivity contribution in [3.8, 4) is 0 Å². The molecule has 2 rings (SSSR count). The minimum Gasteiger partial charge on any atom is -0.396 e. The Bertz CT molecular complexity index is 469. The number of pyridine rings is 1. The first-order valence-electron chi connectivity index (χ1n) is 4.73. The standard InChI is InChI=1S/C10H12ClN3O/c11-10-9(7(12)4-6-15)14-5-2-1-3-8(14)13-10/h1-3,5,7,15H,4,6,12H2. The smallest absolute Gasteiger partial charge is 0.152 e. The Morgan fingerprint density at radius 3 is 3.07 bits per heavy atom. The summed E-state index contributed by atoms with van der Waals surface area (Å²) in [7, 11) is 0. The van der Waals surface area contributed by atoms with Gasteiger partial charge in [-0.1, -0.05) is 17.7 Å². The Kier molecular flexibility index (Phi) is 2.90. The van der Waals surface area contributed by atoms with Gasteiger partial charge in [0.1, 0.15) is 5.65 Å². The van der Waals surface area contributed by atoms with E-state index in [1.165, 1.54) is 0 Å². The van der Waals surface area contributed by atoms with E-state index < -0.39 is 0 Å². The second kappa shape index (κ2) is 4.18. The predicted molar refractivity (Wildman–Crippen MR) is 58.8 cm³/mol. The fourth-order valence-electron chi connectivity index (χ4n) is 1.59. The van der Waals surface area contributed by atoms with E-state index in [4.69, 9.17) is 22.4 Å². The Balaban J connectivity index is 2.53. The molecule has 0 aliphatic heterocycles. The van der Waals surface area contributed by atoms with Crippen LogP contribution in [0, 0.1) is 0 Å². The topological polar surface area (TPSA) is 63.5 Å². The van der Waals surface area contributed by atoms with Gasteiger partial charge in [0.05, 0.1) is 11.7 Å². The number of halogens is 1. The van der Waals surface area contributed by atoms with Crippen LogP contribution in [0.2, 0.25) is 5.15 Å². The Hall–Kier alpha value is -1.10. The summed E-state index contributed by atoms with van der Waals surface area (Å²) in [4.78, 5) is 4.18. The lowest BCUT2D eigenvalue weighted by Crippen LogP contribution is -2.14. The zero-order chi connectivity index (χ0) is 10.8. The molecule has 2 heterocycles. The number of hydrogen-bond acceptors (Lipinski definition) is 3. The highest BCUT2D eigenvalue weighted by molar-refractivity contribution is 6.30. The summed E-state index contributed by atoms with van der Waals surface area (Å²) in [6, 6.07) is 5.35. The highest BCUT2D eigenvalue weighted by Crippen LogP contribution is 2.24. The summed E-state index contributed by atoms with van der Waals surface area (Å²) in [6.45, 7) is 0.0392. The van der Waals surface area contributed by atoms with Crippen molar-refractivity contribution in [3.05, 3.63) is 35.2 Å². The quantitative estimate of drug-likeness (QED) is 0.829. The third kappa shape index (κ3) is 1.84. The molecule has 5 heteroatoms. The van der Waals surface area contributed by atoms with Crippen molar-refractivity contribution in [1.29, 1.82) is 0 Å². The lowest BCUT2D eigenvalue weighted by atomic mass is 10.2. The number of aromatic nitrogens is 2. The Morgan fingerprint density at radius 2 is 2.33 bits per heavy atom. The van der Waals surface area contributed by atoms with Crippen LogP contribution in [0.5, 0.6) is 0 Å². The first-order valence-corrected chi connectivity index (χ1v) is 5.10. The summed E-state index contributed by atoms with van der Waals surface area (Å²) in [6.07, 6.45) is 2.34. The number of nitrogens with two attached hydrogens (primary N) is 1. The van der Waals surface area contributed by atoms with Crippen LogP contribution in [-0.4, -0.2) is 21.1 Å². The van der Waals surface area contributed by atoms with Crippen molar-refractivity contribution in [2.45, 2.75) is 12.5 Å². The maximum Gasteiger partial charge on any atom is 0.152 e. The van der Waals surface area contributed by atoms with Gasteiger partial charge in [-0.3, -0.25) is 0 Å². The molecule has 15 heavy (non-hydrogen) atoms. The molecule has 0 fully saturated rings. The van der Waals surface area contributed by atoms with E-state index in [1.54, 1.807) is 0 Å². The molecule has 0 aromatic carbocycles. The van der Waals surface area contributed by atoms with E-state index in [2.05, 4.69) is 4.98 Å². The average Bonchev–Trinajstić information content (AvgIpc) is 2.54. The van der Waals surface area contributed by atoms with Gasteiger partial charge in [0.25, 0.3) is 0 Å². The number of aliphatic hydroxyl groups excluding tert-OH is 1. The van der Waals surface area contributed by atoms with Gasteiger partial charge >= 0.3 is 0 Å². The van der Waals surface area contributed by atoms with Crippen LogP contribution in [0.25, 0.3) is 5.65 Å². The Labute approximate surface area is 92.3 Å². The first-order chi connectivity index (χ1) is 7.24. The van der Waals surface area contributed by atoms with Crippen molar-refractivity contribution < 1.29 is 5.11 Å². The molecule has 1 atom stereocenters. The second-order valence-corrected chi connectivity index (χ2v) is 3.69. The van der Waals surface area contributed by atoms with Gasteiger partial charge in [-0.25, -0.2) is 4.98 Å². The fourth-order valence-corrected chi connectivity index (χ4v) is 1.91. The summed E-state index contributed by atoms with van der Waals surface area (Å²) >= 11 is 6.00. The van der Waals surface area contributed by atoms with E-state index in [1.807, 2.05) is 28.8 Å². The third-order valence-corrected chi connectivity index (χ3v) is 2.59. The zero-order valence-corrected chi connectivity index (χ0v) is 8.85. The highest BCUT2D eigenvalue weighted by atomic mass is 35.5. The molecule has 2 aromatic rings. The normalized spacial score (nSPS) is 13.3. The number of rotatable bonds is 3. The number of aliphatic hydroxyl groups is 1. The van der Waals surface area contributed by atoms with Crippen molar-refractivity contribution >= 4 is 17.2 Å². The van der Waals surface area contributed by atoms with Gasteiger partial charge in [0.2, 0.25) is 0 Å². The molecule has 0 saturated heterocycles. The Morgan fingerprint density at radius 1 is 1.53 bits per heavy atom. The lowest BCUT2D eigenvalue weighted by Gasteiger charge is -2.09. The van der Waals surface area contributed by atoms with E-state index >= 15 is 0 Å². The molecule has 0 aliphatic carbocycles. The molecule has 0 spiro atoms. The van der Waals surface area contributed by atoms with Gasteiger partial charge in [-0.2, -0.15) is 0 Å². The summed E-state index contributed by atoms with van der Waals surface area (Å²) < 4.78 is 1.85. The number of fused-ring (bicyclic) bond motifs is 1. The average molecular weight is 226 g/mol. The van der Waals surface area contributed by atoms with Crippen LogP contribution in [0.3, 0.4) is 0 Å². The summed E-state index contributed by atoms with van der Waals surface area (Å²) in [5, 5.41) is 9.25. The molecular weight excluding hydrogens is 214 g/mol. The third-order valence-electron chi connectivity index (χ3n) is 2.31. The largest absolute Gasteiger partial charge is 0.396 e. The molecule has 3 N–H and O–H groups in total. The van der Waals surface area contributed by atoms with Crippen LogP contribution < -0.4 is 5.73 Å². The van der Waals surface area contributed by atoms with Gasteiger partial charge in [-0.15, -0.1) is 0 Å². The number of nitrogens with zero attached hydrogens (tertiary/aromatic N) is 2. The SMILES string of the molecule is NC(CCO)c1c(Cl)nc2ccccn12. The molecule has 0 bridgehead atoms. The molecule has 0 radical (unpaired) electrons. The highest BCUT2D eigenvalue weighted by Gasteiger charge is 2.16. The number of imidazole rings is 1. The van der Waals surface area contributed by atoms with Crippen LogP contribution in [-0.2, 0) is 0 Å². The zero-order valence-electron chi connectivity index (χ0n) is 8.10. The van der Waals surface area contributed by atoms with Crippen molar-refractivity contribution in [2.75, 3.05) is 6.61 Å². The molecule has 0 aliphatic rings. The van der Waals surface area contributed by atoms with E-state index in [0.29, 0.717) is 11.6 Å². The number of hydrogen-bond donors (Lipinski definition) is 2. The fraction of sp³-hybridized carbons (Fsp3) is 0.300. The molecule has 2 aromatic heterocycles. The van der Waals surface area contributed by atoms with Crippen LogP contribution in [0.4, 0.5) is 0 Å². The summed E-state index contributed by atoms with van der Waals surface area (Å²) in [5.74, 6) is 0. The van der Waals surface area contributed by atoms with Crippen LogP contribution in [0.1, 0.15) is 18.2 Å². The van der Waals surface area contributed by atoms with Crippen LogP contribution >= 0.6 is 11.6 Å². The van der Waals surface area contributed by atoms with Gasteiger partial charge in [0, 0.05) is 12.8 Å². The van der Waals surface area contributed by atoms with E-state index in [-0.39, 0.29) is 12.6 Å². The molecule has 4 nitrogen and oxygen atoms in total. The van der Waals surface area contributed by atoms with Gasteiger partial charge in [-0.05, 0) is 18.6 Å². The maximum absolute atomic E-state index is 8.85. The van der Waals surface area contributed by atoms with Crippen molar-refractivity contribution in [3.63, 3.8) is 0 Å². The molecular formula is C10H12ClN3O. The minimum atomic E-state index is -0.292. The molecule has 1 unspecified atom stereocenters. The second-order valence-electron chi connectivity index (χ2n) is 3.34. The monoisotopic (exact) mass is 225 g/mol. The molecule has 0 saturated carbocycles. The first kappa shape index (κ1) is 10.4. The van der Waals surface area contributed by atoms with Crippen molar-refractivity contribution in [2.24, 2.45) is 5.73 Å². The maximum atomic E-state index is 8.85.